The molecule has 1 aromatic carbocycles. The van der Waals surface area contributed by atoms with E-state index in [1.165, 1.54) is 10.4 Å². The molecular formula is C11H12N2O4S2. The van der Waals surface area contributed by atoms with Gasteiger partial charge in [0.2, 0.25) is 10.0 Å². The van der Waals surface area contributed by atoms with Gasteiger partial charge in [-0.1, -0.05) is 11.3 Å². The highest BCUT2D eigenvalue weighted by Gasteiger charge is 2.26. The second kappa shape index (κ2) is 4.71. The van der Waals surface area contributed by atoms with Crippen LogP contribution in [0.3, 0.4) is 0 Å². The number of fused-ring (bicyclic) bond motifs is 1. The number of ether oxygens (including phenoxy) is 1. The van der Waals surface area contributed by atoms with Gasteiger partial charge in [-0.2, -0.15) is 4.31 Å². The molecule has 2 aromatic rings. The van der Waals surface area contributed by atoms with Gasteiger partial charge in [0.05, 0.1) is 28.3 Å². The largest absolute Gasteiger partial charge is 0.379 e. The molecule has 1 N–H and O–H groups in total. The maximum absolute atomic E-state index is 12.4. The van der Waals surface area contributed by atoms with E-state index in [0.29, 0.717) is 36.5 Å². The van der Waals surface area contributed by atoms with Crippen LogP contribution in [0.1, 0.15) is 0 Å². The van der Waals surface area contributed by atoms with Gasteiger partial charge in [0.1, 0.15) is 0 Å². The number of thiazole rings is 1. The van der Waals surface area contributed by atoms with Crippen molar-refractivity contribution in [3.8, 4) is 0 Å². The number of benzene rings is 1. The molecule has 1 aliphatic heterocycles. The molecule has 3 rings (SSSR count). The van der Waals surface area contributed by atoms with Crippen molar-refractivity contribution in [1.82, 2.24) is 9.29 Å². The molecule has 0 bridgehead atoms. The first-order chi connectivity index (χ1) is 9.07. The number of hydrogen-bond acceptors (Lipinski definition) is 5. The fourth-order valence-corrected chi connectivity index (χ4v) is 4.31. The second-order valence-corrected chi connectivity index (χ2v) is 7.14. The first kappa shape index (κ1) is 12.8. The average Bonchev–Trinajstić information content (AvgIpc) is 2.78. The van der Waals surface area contributed by atoms with E-state index in [2.05, 4.69) is 4.98 Å². The Kier molecular flexibility index (Phi) is 3.17. The Morgan fingerprint density at radius 3 is 2.74 bits per heavy atom. The zero-order valence-electron chi connectivity index (χ0n) is 9.96. The standard InChI is InChI=1S/C11H12N2O4S2/c14-11-12-9-2-1-8(7-10(9)18-11)19(15,16)13-3-5-17-6-4-13/h1-2,7H,3-6H2,(H,12,14). The molecule has 1 aliphatic rings. The van der Waals surface area contributed by atoms with Crippen molar-refractivity contribution in [3.05, 3.63) is 27.9 Å². The number of H-pyrrole nitrogens is 1. The normalized spacial score (nSPS) is 17.9. The van der Waals surface area contributed by atoms with Crippen molar-refractivity contribution in [3.63, 3.8) is 0 Å². The van der Waals surface area contributed by atoms with Crippen molar-refractivity contribution < 1.29 is 13.2 Å². The predicted molar refractivity (Wildman–Crippen MR) is 72.0 cm³/mol. The summed E-state index contributed by atoms with van der Waals surface area (Å²) in [5.74, 6) is 0. The summed E-state index contributed by atoms with van der Waals surface area (Å²) < 4.78 is 32.1. The van der Waals surface area contributed by atoms with E-state index in [1.807, 2.05) is 0 Å². The van der Waals surface area contributed by atoms with E-state index in [0.717, 1.165) is 11.3 Å². The van der Waals surface area contributed by atoms with Gasteiger partial charge in [-0.15, -0.1) is 0 Å². The fraction of sp³-hybridized carbons (Fsp3) is 0.364. The van der Waals surface area contributed by atoms with Gasteiger partial charge in [-0.05, 0) is 18.2 Å². The lowest BCUT2D eigenvalue weighted by atomic mass is 10.3. The van der Waals surface area contributed by atoms with Gasteiger partial charge in [0.15, 0.2) is 0 Å². The summed E-state index contributed by atoms with van der Waals surface area (Å²) in [6.07, 6.45) is 0. The van der Waals surface area contributed by atoms with Gasteiger partial charge in [-0.25, -0.2) is 8.42 Å². The Balaban J connectivity index is 2.04. The average molecular weight is 300 g/mol. The summed E-state index contributed by atoms with van der Waals surface area (Å²) in [5.41, 5.74) is 0.663. The van der Waals surface area contributed by atoms with E-state index in [-0.39, 0.29) is 9.77 Å². The Morgan fingerprint density at radius 2 is 2.00 bits per heavy atom. The predicted octanol–water partition coefficient (Wildman–Crippen LogP) is 0.611. The van der Waals surface area contributed by atoms with E-state index >= 15 is 0 Å². The molecule has 102 valence electrons. The molecule has 2 heterocycles. The zero-order valence-corrected chi connectivity index (χ0v) is 11.6. The summed E-state index contributed by atoms with van der Waals surface area (Å²) in [6.45, 7) is 1.56. The topological polar surface area (TPSA) is 79.5 Å². The maximum atomic E-state index is 12.4. The van der Waals surface area contributed by atoms with Gasteiger partial charge < -0.3 is 9.72 Å². The summed E-state index contributed by atoms with van der Waals surface area (Å²) >= 11 is 1.01. The number of nitrogens with zero attached hydrogens (tertiary/aromatic N) is 1. The van der Waals surface area contributed by atoms with Crippen LogP contribution in [0.15, 0.2) is 27.9 Å². The van der Waals surface area contributed by atoms with Crippen LogP contribution in [0.25, 0.3) is 10.2 Å². The minimum Gasteiger partial charge on any atom is -0.379 e. The highest BCUT2D eigenvalue weighted by Crippen LogP contribution is 2.22. The molecule has 0 unspecified atom stereocenters. The van der Waals surface area contributed by atoms with Crippen LogP contribution in [0.2, 0.25) is 0 Å². The SMILES string of the molecule is O=c1[nH]c2ccc(S(=O)(=O)N3CCOCC3)cc2s1. The molecule has 0 radical (unpaired) electrons. The molecule has 0 saturated carbocycles. The van der Waals surface area contributed by atoms with Crippen molar-refractivity contribution in [2.75, 3.05) is 26.3 Å². The van der Waals surface area contributed by atoms with Gasteiger partial charge >= 0.3 is 4.87 Å². The number of hydrogen-bond donors (Lipinski definition) is 1. The number of morpholine rings is 1. The molecule has 1 fully saturated rings. The van der Waals surface area contributed by atoms with Crippen LogP contribution >= 0.6 is 11.3 Å². The number of rotatable bonds is 2. The third-order valence-electron chi connectivity index (χ3n) is 3.00. The lowest BCUT2D eigenvalue weighted by molar-refractivity contribution is 0.0730. The van der Waals surface area contributed by atoms with E-state index in [1.54, 1.807) is 12.1 Å². The lowest BCUT2D eigenvalue weighted by Gasteiger charge is -2.26. The lowest BCUT2D eigenvalue weighted by Crippen LogP contribution is -2.40. The fourth-order valence-electron chi connectivity index (χ4n) is 2.02. The third kappa shape index (κ3) is 2.32. The highest BCUT2D eigenvalue weighted by atomic mass is 32.2. The van der Waals surface area contributed by atoms with Gasteiger partial charge in [0.25, 0.3) is 0 Å². The molecule has 1 saturated heterocycles. The molecule has 0 amide bonds. The van der Waals surface area contributed by atoms with Crippen LogP contribution < -0.4 is 4.87 Å². The van der Waals surface area contributed by atoms with Crippen molar-refractivity contribution >= 4 is 31.6 Å². The number of aromatic nitrogens is 1. The number of sulfonamides is 1. The summed E-state index contributed by atoms with van der Waals surface area (Å²) in [6, 6.07) is 4.69. The van der Waals surface area contributed by atoms with Crippen molar-refractivity contribution in [2.45, 2.75) is 4.90 Å². The van der Waals surface area contributed by atoms with Crippen LogP contribution in [0.4, 0.5) is 0 Å². The first-order valence-electron chi connectivity index (χ1n) is 5.78. The van der Waals surface area contributed by atoms with Crippen molar-refractivity contribution in [2.24, 2.45) is 0 Å². The molecule has 8 heteroatoms. The smallest absolute Gasteiger partial charge is 0.305 e. The molecule has 0 aliphatic carbocycles. The Bertz CT molecular complexity index is 756. The van der Waals surface area contributed by atoms with Crippen molar-refractivity contribution in [1.29, 1.82) is 0 Å². The molecule has 0 atom stereocenters. The number of aromatic amines is 1. The Labute approximate surface area is 113 Å². The van der Waals surface area contributed by atoms with E-state index in [9.17, 15) is 13.2 Å². The summed E-state index contributed by atoms with van der Waals surface area (Å²) in [5, 5.41) is 0. The molecule has 19 heavy (non-hydrogen) atoms. The van der Waals surface area contributed by atoms with Gasteiger partial charge in [0, 0.05) is 13.1 Å². The van der Waals surface area contributed by atoms with Crippen LogP contribution in [-0.2, 0) is 14.8 Å². The Morgan fingerprint density at radius 1 is 1.26 bits per heavy atom. The quantitative estimate of drug-likeness (QED) is 0.881. The molecule has 1 aromatic heterocycles. The summed E-state index contributed by atoms with van der Waals surface area (Å²) in [4.78, 5) is 13.9. The maximum Gasteiger partial charge on any atom is 0.305 e. The molecule has 0 spiro atoms. The first-order valence-corrected chi connectivity index (χ1v) is 8.04. The molecular weight excluding hydrogens is 288 g/mol. The number of nitrogens with one attached hydrogen (secondary N) is 1. The minimum absolute atomic E-state index is 0.184. The van der Waals surface area contributed by atoms with E-state index < -0.39 is 10.0 Å². The van der Waals surface area contributed by atoms with Crippen LogP contribution in [0, 0.1) is 0 Å². The highest BCUT2D eigenvalue weighted by molar-refractivity contribution is 7.89. The Hall–Kier alpha value is -1.22. The van der Waals surface area contributed by atoms with Gasteiger partial charge in [-0.3, -0.25) is 4.79 Å². The second-order valence-electron chi connectivity index (χ2n) is 4.19. The summed E-state index contributed by atoms with van der Waals surface area (Å²) in [7, 11) is -3.50. The molecule has 6 nitrogen and oxygen atoms in total. The van der Waals surface area contributed by atoms with Crippen LogP contribution in [0.5, 0.6) is 0 Å². The monoisotopic (exact) mass is 300 g/mol. The van der Waals surface area contributed by atoms with Crippen LogP contribution in [-0.4, -0.2) is 44.0 Å². The minimum atomic E-state index is -3.50. The zero-order chi connectivity index (χ0) is 13.5. The third-order valence-corrected chi connectivity index (χ3v) is 5.74. The van der Waals surface area contributed by atoms with E-state index in [4.69, 9.17) is 4.74 Å².